The number of likely N-dealkylation sites (tertiary alicyclic amines) is 1. The molecule has 1 aromatic carbocycles. The number of carboxylic acid groups (broad SMARTS) is 1. The largest absolute Gasteiger partial charge is 0.542 e. The number of nitrogens with zero attached hydrogens (tertiary/aromatic N) is 1. The van der Waals surface area contributed by atoms with Gasteiger partial charge < -0.3 is 34.1 Å². The molecule has 6 rings (SSSR count). The molecule has 3 fully saturated rings. The van der Waals surface area contributed by atoms with Crippen LogP contribution in [0.3, 0.4) is 0 Å². The third-order valence-corrected chi connectivity index (χ3v) is 8.96. The molecule has 1 spiro atoms. The highest BCUT2D eigenvalue weighted by Crippen LogP contribution is 2.66. The average Bonchev–Trinajstić information content (AvgIpc) is 3.49. The maximum Gasteiger partial charge on any atom is 0.430 e. The molecule has 2 bridgehead atoms. The minimum Gasteiger partial charge on any atom is -0.542 e. The van der Waals surface area contributed by atoms with E-state index < -0.39 is 23.2 Å². The summed E-state index contributed by atoms with van der Waals surface area (Å²) in [6.45, 7) is 2.25. The van der Waals surface area contributed by atoms with Gasteiger partial charge in [-0.25, -0.2) is 0 Å². The number of quaternary nitrogens is 1. The zero-order valence-electron chi connectivity index (χ0n) is 19.2. The number of rotatable bonds is 3. The van der Waals surface area contributed by atoms with E-state index in [2.05, 4.69) is 13.1 Å². The summed E-state index contributed by atoms with van der Waals surface area (Å²) in [4.78, 5) is 8.78. The summed E-state index contributed by atoms with van der Waals surface area (Å²) in [6, 6.07) is 4.03. The Hall–Kier alpha value is -2.04. The molecule has 0 amide bonds. The van der Waals surface area contributed by atoms with Gasteiger partial charge in [0.05, 0.1) is 31.7 Å². The maximum absolute atomic E-state index is 12.4. The minimum atomic E-state index is -5.19. The van der Waals surface area contributed by atoms with Gasteiger partial charge in [0.25, 0.3) is 0 Å². The fourth-order valence-electron chi connectivity index (χ4n) is 7.35. The maximum atomic E-state index is 12.4. The number of hydrogen-bond donors (Lipinski definition) is 2. The summed E-state index contributed by atoms with van der Waals surface area (Å²) in [5.74, 6) is -1.37. The monoisotopic (exact) mass is 485 g/mol. The number of likely N-dealkylation sites (N-methyl/N-ethyl adjacent to an activating group) is 1. The Morgan fingerprint density at radius 2 is 1.97 bits per heavy atom. The molecule has 5 aliphatic rings. The van der Waals surface area contributed by atoms with E-state index in [1.807, 2.05) is 0 Å². The Morgan fingerprint density at radius 1 is 1.29 bits per heavy atom. The predicted octanol–water partition coefficient (Wildman–Crippen LogP) is 1.41. The molecular weight excluding hydrogens is 455 g/mol. The highest BCUT2D eigenvalue weighted by Gasteiger charge is 2.76. The van der Waals surface area contributed by atoms with Gasteiger partial charge >= 0.3 is 6.18 Å². The molecule has 2 unspecified atom stereocenters. The van der Waals surface area contributed by atoms with Gasteiger partial charge in [-0.1, -0.05) is 6.07 Å². The van der Waals surface area contributed by atoms with Gasteiger partial charge in [-0.15, -0.1) is 0 Å². The first-order valence-electron chi connectivity index (χ1n) is 11.8. The Balaban J connectivity index is 0.000000304. The second-order valence-electron chi connectivity index (χ2n) is 10.8. The van der Waals surface area contributed by atoms with E-state index in [9.17, 15) is 23.4 Å². The number of methoxy groups -OCH3 is 1. The lowest BCUT2D eigenvalue weighted by Crippen LogP contribution is -2.81. The normalized spacial score (nSPS) is 39.4. The van der Waals surface area contributed by atoms with E-state index in [0.29, 0.717) is 5.75 Å². The molecule has 3 aliphatic carbocycles. The Morgan fingerprint density at radius 3 is 2.56 bits per heavy atom. The summed E-state index contributed by atoms with van der Waals surface area (Å²) in [7, 11) is 4.11. The number of carbonyl (C=O) groups excluding carboxylic acids is 1. The number of ether oxygens (including phenoxy) is 2. The summed E-state index contributed by atoms with van der Waals surface area (Å²) >= 11 is 0. The van der Waals surface area contributed by atoms with Crippen molar-refractivity contribution in [3.63, 3.8) is 0 Å². The molecule has 2 N–H and O–H groups in total. The van der Waals surface area contributed by atoms with Gasteiger partial charge in [0.1, 0.15) is 23.7 Å². The minimum absolute atomic E-state index is 0.0380. The van der Waals surface area contributed by atoms with Crippen LogP contribution in [0.25, 0.3) is 0 Å². The van der Waals surface area contributed by atoms with Gasteiger partial charge in [0.15, 0.2) is 11.5 Å². The third-order valence-electron chi connectivity index (χ3n) is 8.96. The van der Waals surface area contributed by atoms with Crippen LogP contribution in [0.2, 0.25) is 0 Å². The number of benzene rings is 1. The Labute approximate surface area is 195 Å². The Kier molecular flexibility index (Phi) is 5.21. The highest BCUT2D eigenvalue weighted by molar-refractivity contribution is 5.70. The molecule has 6 atom stereocenters. The smallest absolute Gasteiger partial charge is 0.430 e. The third kappa shape index (κ3) is 3.18. The molecule has 34 heavy (non-hydrogen) atoms. The van der Waals surface area contributed by atoms with Crippen LogP contribution in [0, 0.1) is 5.92 Å². The number of piperidine rings is 1. The van der Waals surface area contributed by atoms with Gasteiger partial charge in [0.2, 0.25) is 0 Å². The fraction of sp³-hybridized carbons (Fsp3) is 0.708. The fourth-order valence-corrected chi connectivity index (χ4v) is 7.35. The molecule has 2 aliphatic heterocycles. The SMILES string of the molecule is CO[C@@H]1CCC2(O)[C@H]3Cc4ccc(O)c5c4[C@@]2(CC[N+]3(C)CC2CC2)[C@H]1O5.O=C([O-])C(F)(F)F. The van der Waals surface area contributed by atoms with E-state index in [0.717, 1.165) is 48.2 Å². The lowest BCUT2D eigenvalue weighted by molar-refractivity contribution is -0.950. The number of aromatic hydroxyl groups is 1. The lowest BCUT2D eigenvalue weighted by atomic mass is 9.48. The van der Waals surface area contributed by atoms with Crippen LogP contribution in [-0.4, -0.2) is 77.9 Å². The van der Waals surface area contributed by atoms with Crippen molar-refractivity contribution in [1.29, 1.82) is 0 Å². The molecule has 0 aromatic heterocycles. The summed E-state index contributed by atoms with van der Waals surface area (Å²) in [6.07, 6.45) is 0.582. The van der Waals surface area contributed by atoms with E-state index in [1.54, 1.807) is 13.2 Å². The first-order valence-corrected chi connectivity index (χ1v) is 11.8. The molecule has 188 valence electrons. The number of aliphatic carboxylic acids is 1. The van der Waals surface area contributed by atoms with E-state index in [1.165, 1.54) is 24.9 Å². The van der Waals surface area contributed by atoms with Crippen molar-refractivity contribution in [3.05, 3.63) is 23.3 Å². The number of alkyl halides is 3. The average molecular weight is 485 g/mol. The van der Waals surface area contributed by atoms with Gasteiger partial charge in [0, 0.05) is 31.4 Å². The lowest BCUT2D eigenvalue weighted by Gasteiger charge is -2.65. The first-order chi connectivity index (χ1) is 15.9. The van der Waals surface area contributed by atoms with E-state index in [-0.39, 0.29) is 24.0 Å². The molecule has 0 radical (unpaired) electrons. The number of phenols is 1. The van der Waals surface area contributed by atoms with Crippen LogP contribution in [0.4, 0.5) is 13.2 Å². The molecule has 1 saturated heterocycles. The van der Waals surface area contributed by atoms with Crippen LogP contribution in [0.15, 0.2) is 12.1 Å². The first kappa shape index (κ1) is 23.7. The van der Waals surface area contributed by atoms with Crippen molar-refractivity contribution >= 4 is 5.97 Å². The second-order valence-corrected chi connectivity index (χ2v) is 10.8. The number of aliphatic hydroxyl groups is 1. The molecule has 1 aromatic rings. The summed E-state index contributed by atoms with van der Waals surface area (Å²) in [5, 5.41) is 31.7. The van der Waals surface area contributed by atoms with E-state index >= 15 is 0 Å². The van der Waals surface area contributed by atoms with Crippen molar-refractivity contribution in [1.82, 2.24) is 0 Å². The molecule has 2 heterocycles. The number of phenolic OH excluding ortho intramolecular Hbond substituents is 1. The van der Waals surface area contributed by atoms with Crippen LogP contribution in [0.5, 0.6) is 11.5 Å². The van der Waals surface area contributed by atoms with Gasteiger partial charge in [-0.05, 0) is 37.3 Å². The van der Waals surface area contributed by atoms with Crippen molar-refractivity contribution in [2.45, 2.75) is 74.0 Å². The molecule has 10 heteroatoms. The number of carbonyl (C=O) groups is 1. The number of halogens is 3. The van der Waals surface area contributed by atoms with Gasteiger partial charge in [-0.2, -0.15) is 13.2 Å². The van der Waals surface area contributed by atoms with E-state index in [4.69, 9.17) is 19.4 Å². The molecule has 2 saturated carbocycles. The second kappa shape index (κ2) is 7.48. The van der Waals surface area contributed by atoms with Gasteiger partial charge in [-0.3, -0.25) is 0 Å². The van der Waals surface area contributed by atoms with Crippen molar-refractivity contribution in [3.8, 4) is 11.5 Å². The predicted molar refractivity (Wildman–Crippen MR) is 111 cm³/mol. The zero-order valence-corrected chi connectivity index (χ0v) is 19.2. The van der Waals surface area contributed by atoms with Crippen molar-refractivity contribution in [2.24, 2.45) is 5.92 Å². The molecular formula is C24H30F3NO6. The van der Waals surface area contributed by atoms with Crippen LogP contribution in [0.1, 0.15) is 43.2 Å². The summed E-state index contributed by atoms with van der Waals surface area (Å²) in [5.41, 5.74) is 1.11. The van der Waals surface area contributed by atoms with Crippen LogP contribution >= 0.6 is 0 Å². The number of carboxylic acids is 1. The highest BCUT2D eigenvalue weighted by atomic mass is 19.4. The van der Waals surface area contributed by atoms with Crippen molar-refractivity contribution in [2.75, 3.05) is 27.2 Å². The Bertz CT molecular complexity index is 1010. The topological polar surface area (TPSA) is 99.1 Å². The van der Waals surface area contributed by atoms with Crippen molar-refractivity contribution < 1.29 is 47.2 Å². The van der Waals surface area contributed by atoms with Crippen LogP contribution < -0.4 is 9.84 Å². The quantitative estimate of drug-likeness (QED) is 0.629. The molecule has 7 nitrogen and oxygen atoms in total. The van der Waals surface area contributed by atoms with Crippen LogP contribution in [-0.2, 0) is 21.4 Å². The summed E-state index contributed by atoms with van der Waals surface area (Å²) < 4.78 is 44.7. The zero-order chi connectivity index (χ0) is 24.7. The standard InChI is InChI=1S/C22H29NO4.C2HF3O2/c1-23(12-13-3-4-13)10-9-21-18-14-5-6-15(24)19(18)27-20(21)16(26-2)7-8-22(21,25)17(23)11-14;3-2(4,5)1(6)7/h5-6,13,16-17,20,25H,3-4,7-12H2,1-2H3;(H,6,7)/t16-,17-,20+,21+,22?,23?;/m1./s1. The number of hydrogen-bond acceptors (Lipinski definition) is 6.